The molecule has 5 heteroatoms. The molecule has 4 nitrogen and oxygen atoms in total. The van der Waals surface area contributed by atoms with Crippen LogP contribution in [0.5, 0.6) is 0 Å². The van der Waals surface area contributed by atoms with E-state index in [-0.39, 0.29) is 11.9 Å². The molecule has 0 atom stereocenters. The van der Waals surface area contributed by atoms with Gasteiger partial charge in [-0.3, -0.25) is 4.79 Å². The Balaban J connectivity index is 2.00. The van der Waals surface area contributed by atoms with Crippen LogP contribution in [0, 0.1) is 6.92 Å². The molecular formula is C15H19N3OS. The van der Waals surface area contributed by atoms with Gasteiger partial charge < -0.3 is 10.6 Å². The summed E-state index contributed by atoms with van der Waals surface area (Å²) in [5, 5.41) is 9.27. The first-order valence-corrected chi connectivity index (χ1v) is 7.48. The van der Waals surface area contributed by atoms with E-state index in [0.717, 1.165) is 16.4 Å². The van der Waals surface area contributed by atoms with Gasteiger partial charge in [0.1, 0.15) is 0 Å². The Labute approximate surface area is 123 Å². The molecule has 0 aliphatic heterocycles. The highest BCUT2D eigenvalue weighted by Gasteiger charge is 2.07. The Kier molecular flexibility index (Phi) is 4.74. The molecule has 0 radical (unpaired) electrons. The van der Waals surface area contributed by atoms with Crippen LogP contribution in [0.4, 0.5) is 5.69 Å². The first-order chi connectivity index (χ1) is 9.54. The number of hydrogen-bond acceptors (Lipinski definition) is 4. The number of benzene rings is 1. The summed E-state index contributed by atoms with van der Waals surface area (Å²) >= 11 is 1.64. The van der Waals surface area contributed by atoms with E-state index in [0.29, 0.717) is 12.1 Å². The fourth-order valence-electron chi connectivity index (χ4n) is 1.80. The highest BCUT2D eigenvalue weighted by molar-refractivity contribution is 7.09. The molecule has 0 fully saturated rings. The highest BCUT2D eigenvalue weighted by Crippen LogP contribution is 2.14. The minimum atomic E-state index is -0.0480. The fourth-order valence-corrected chi connectivity index (χ4v) is 2.41. The van der Waals surface area contributed by atoms with Crippen molar-refractivity contribution in [2.75, 3.05) is 5.32 Å². The zero-order valence-corrected chi connectivity index (χ0v) is 12.8. The van der Waals surface area contributed by atoms with Gasteiger partial charge in [-0.15, -0.1) is 11.3 Å². The van der Waals surface area contributed by atoms with Crippen molar-refractivity contribution in [3.05, 3.63) is 45.9 Å². The van der Waals surface area contributed by atoms with Crippen LogP contribution < -0.4 is 10.6 Å². The van der Waals surface area contributed by atoms with Crippen molar-refractivity contribution in [2.24, 2.45) is 0 Å². The number of hydrogen-bond donors (Lipinski definition) is 2. The van der Waals surface area contributed by atoms with E-state index in [2.05, 4.69) is 15.6 Å². The van der Waals surface area contributed by atoms with Crippen molar-refractivity contribution in [1.29, 1.82) is 0 Å². The minimum Gasteiger partial charge on any atom is -0.379 e. The van der Waals surface area contributed by atoms with Crippen LogP contribution >= 0.6 is 11.3 Å². The van der Waals surface area contributed by atoms with Crippen LogP contribution in [0.2, 0.25) is 0 Å². The molecule has 0 aliphatic carbocycles. The highest BCUT2D eigenvalue weighted by atomic mass is 32.1. The molecule has 1 amide bonds. The Bertz CT molecular complexity index is 592. The lowest BCUT2D eigenvalue weighted by molar-refractivity contribution is 0.0943. The predicted molar refractivity (Wildman–Crippen MR) is 83.2 cm³/mol. The minimum absolute atomic E-state index is 0.0480. The first-order valence-electron chi connectivity index (χ1n) is 6.60. The molecular weight excluding hydrogens is 270 g/mol. The molecule has 106 valence electrons. The monoisotopic (exact) mass is 289 g/mol. The second-order valence-corrected chi connectivity index (χ2v) is 5.98. The summed E-state index contributed by atoms with van der Waals surface area (Å²) in [5.41, 5.74) is 2.61. The van der Waals surface area contributed by atoms with E-state index >= 15 is 0 Å². The maximum absolute atomic E-state index is 11.9. The molecule has 0 spiro atoms. The van der Waals surface area contributed by atoms with Crippen LogP contribution in [0.15, 0.2) is 29.6 Å². The van der Waals surface area contributed by atoms with Crippen molar-refractivity contribution in [3.8, 4) is 0 Å². The Morgan fingerprint density at radius 3 is 2.85 bits per heavy atom. The zero-order chi connectivity index (χ0) is 14.5. The first kappa shape index (κ1) is 14.5. The van der Waals surface area contributed by atoms with Crippen molar-refractivity contribution in [3.63, 3.8) is 0 Å². The third-order valence-corrected chi connectivity index (χ3v) is 3.51. The van der Waals surface area contributed by atoms with Gasteiger partial charge in [-0.1, -0.05) is 6.07 Å². The fraction of sp³-hybridized carbons (Fsp3) is 0.333. The maximum Gasteiger partial charge on any atom is 0.251 e. The number of aryl methyl sites for hydroxylation is 1. The van der Waals surface area contributed by atoms with Gasteiger partial charge in [0.25, 0.3) is 5.91 Å². The van der Waals surface area contributed by atoms with Gasteiger partial charge in [0, 0.05) is 22.7 Å². The van der Waals surface area contributed by atoms with Gasteiger partial charge >= 0.3 is 0 Å². The van der Waals surface area contributed by atoms with E-state index in [1.807, 2.05) is 50.4 Å². The number of carbonyl (C=O) groups excluding carboxylic acids is 1. The lowest BCUT2D eigenvalue weighted by atomic mass is 10.1. The number of thiazole rings is 1. The Hall–Kier alpha value is -1.88. The quantitative estimate of drug-likeness (QED) is 0.888. The van der Waals surface area contributed by atoms with E-state index in [1.54, 1.807) is 11.3 Å². The topological polar surface area (TPSA) is 54.0 Å². The summed E-state index contributed by atoms with van der Waals surface area (Å²) in [6, 6.07) is 7.64. The second kappa shape index (κ2) is 6.52. The molecule has 1 aromatic heterocycles. The molecule has 1 aromatic carbocycles. The molecule has 0 aliphatic rings. The molecule has 2 aromatic rings. The number of nitrogens with one attached hydrogen (secondary N) is 2. The van der Waals surface area contributed by atoms with E-state index in [4.69, 9.17) is 0 Å². The summed E-state index contributed by atoms with van der Waals surface area (Å²) in [7, 11) is 0. The van der Waals surface area contributed by atoms with Crippen LogP contribution in [0.3, 0.4) is 0 Å². The second-order valence-electron chi connectivity index (χ2n) is 4.92. The third-order valence-electron chi connectivity index (χ3n) is 2.68. The standard InChI is InChI=1S/C15H19N3OS/c1-10(2)17-15(19)12-5-4-6-13(7-12)16-8-14-9-20-11(3)18-14/h4-7,9-10,16H,8H2,1-3H3,(H,17,19). The van der Waals surface area contributed by atoms with Gasteiger partial charge in [0.2, 0.25) is 0 Å². The molecule has 20 heavy (non-hydrogen) atoms. The van der Waals surface area contributed by atoms with Crippen LogP contribution in [0.25, 0.3) is 0 Å². The van der Waals surface area contributed by atoms with Gasteiger partial charge in [0.05, 0.1) is 17.2 Å². The Morgan fingerprint density at radius 1 is 1.40 bits per heavy atom. The van der Waals surface area contributed by atoms with Crippen molar-refractivity contribution < 1.29 is 4.79 Å². The van der Waals surface area contributed by atoms with Gasteiger partial charge in [0.15, 0.2) is 0 Å². The molecule has 2 N–H and O–H groups in total. The molecule has 0 saturated carbocycles. The molecule has 0 bridgehead atoms. The van der Waals surface area contributed by atoms with E-state index < -0.39 is 0 Å². The molecule has 2 rings (SSSR count). The SMILES string of the molecule is Cc1nc(CNc2cccc(C(=O)NC(C)C)c2)cs1. The lowest BCUT2D eigenvalue weighted by Gasteiger charge is -2.10. The third kappa shape index (κ3) is 4.06. The van der Waals surface area contributed by atoms with Gasteiger partial charge in [-0.05, 0) is 39.0 Å². The van der Waals surface area contributed by atoms with Crippen LogP contribution in [0.1, 0.15) is 34.9 Å². The summed E-state index contributed by atoms with van der Waals surface area (Å²) in [6.07, 6.45) is 0. The molecule has 0 unspecified atom stereocenters. The lowest BCUT2D eigenvalue weighted by Crippen LogP contribution is -2.30. The summed E-state index contributed by atoms with van der Waals surface area (Å²) in [5.74, 6) is -0.0480. The number of nitrogens with zero attached hydrogens (tertiary/aromatic N) is 1. The van der Waals surface area contributed by atoms with E-state index in [9.17, 15) is 4.79 Å². The predicted octanol–water partition coefficient (Wildman–Crippen LogP) is 3.20. The number of amides is 1. The molecule has 0 saturated heterocycles. The largest absolute Gasteiger partial charge is 0.379 e. The van der Waals surface area contributed by atoms with Crippen LogP contribution in [-0.4, -0.2) is 16.9 Å². The van der Waals surface area contributed by atoms with Crippen molar-refractivity contribution in [2.45, 2.75) is 33.4 Å². The summed E-state index contributed by atoms with van der Waals surface area (Å²) in [4.78, 5) is 16.3. The maximum atomic E-state index is 11.9. The summed E-state index contributed by atoms with van der Waals surface area (Å²) in [6.45, 7) is 6.56. The van der Waals surface area contributed by atoms with E-state index in [1.165, 1.54) is 0 Å². The number of carbonyl (C=O) groups is 1. The average Bonchev–Trinajstić information content (AvgIpc) is 2.82. The van der Waals surface area contributed by atoms with Crippen molar-refractivity contribution in [1.82, 2.24) is 10.3 Å². The number of rotatable bonds is 5. The number of aromatic nitrogens is 1. The smallest absolute Gasteiger partial charge is 0.251 e. The number of anilines is 1. The van der Waals surface area contributed by atoms with Crippen molar-refractivity contribution >= 4 is 22.9 Å². The zero-order valence-electron chi connectivity index (χ0n) is 11.9. The molecule has 1 heterocycles. The van der Waals surface area contributed by atoms with Gasteiger partial charge in [-0.25, -0.2) is 4.98 Å². The summed E-state index contributed by atoms with van der Waals surface area (Å²) < 4.78 is 0. The van der Waals surface area contributed by atoms with Crippen LogP contribution in [-0.2, 0) is 6.54 Å². The average molecular weight is 289 g/mol. The normalized spacial score (nSPS) is 10.6. The Morgan fingerprint density at radius 2 is 2.20 bits per heavy atom. The van der Waals surface area contributed by atoms with Gasteiger partial charge in [-0.2, -0.15) is 0 Å².